The first-order valence-electron chi connectivity index (χ1n) is 8.57. The topological polar surface area (TPSA) is 32.8 Å². The van der Waals surface area contributed by atoms with Gasteiger partial charge in [0.05, 0.1) is 13.2 Å². The van der Waals surface area contributed by atoms with E-state index in [1.165, 1.54) is 17.1 Å². The molecule has 0 aromatic heterocycles. The van der Waals surface area contributed by atoms with E-state index in [-0.39, 0.29) is 5.91 Å². The van der Waals surface area contributed by atoms with E-state index in [2.05, 4.69) is 35.2 Å². The molecule has 126 valence electrons. The molecular weight excluding hydrogens is 308 g/mol. The van der Waals surface area contributed by atoms with Gasteiger partial charge in [0.1, 0.15) is 0 Å². The Labute approximate surface area is 143 Å². The zero-order valence-corrected chi connectivity index (χ0v) is 14.5. The van der Waals surface area contributed by atoms with E-state index in [1.807, 2.05) is 16.7 Å². The van der Waals surface area contributed by atoms with Gasteiger partial charge in [-0.3, -0.25) is 4.79 Å². The lowest BCUT2D eigenvalue weighted by atomic mass is 10.2. The van der Waals surface area contributed by atoms with E-state index in [0.29, 0.717) is 19.6 Å². The van der Waals surface area contributed by atoms with Crippen LogP contribution in [0.3, 0.4) is 0 Å². The summed E-state index contributed by atoms with van der Waals surface area (Å²) >= 11 is 1.95. The van der Waals surface area contributed by atoms with Crippen molar-refractivity contribution in [2.75, 3.05) is 51.7 Å². The SMILES string of the molecule is O=C(CCN1CCC(CSc2ccccc2)C1)N1CCOCC1. The zero-order chi connectivity index (χ0) is 15.9. The van der Waals surface area contributed by atoms with Gasteiger partial charge in [-0.25, -0.2) is 0 Å². The van der Waals surface area contributed by atoms with Gasteiger partial charge in [-0.1, -0.05) is 18.2 Å². The summed E-state index contributed by atoms with van der Waals surface area (Å²) in [6, 6.07) is 10.6. The Morgan fingerprint density at radius 2 is 1.96 bits per heavy atom. The van der Waals surface area contributed by atoms with Crippen molar-refractivity contribution < 1.29 is 9.53 Å². The van der Waals surface area contributed by atoms with Crippen LogP contribution in [0.15, 0.2) is 35.2 Å². The molecule has 0 aliphatic carbocycles. The van der Waals surface area contributed by atoms with E-state index in [1.54, 1.807) is 0 Å². The maximum atomic E-state index is 12.2. The summed E-state index contributed by atoms with van der Waals surface area (Å²) < 4.78 is 5.30. The number of carbonyl (C=O) groups excluding carboxylic acids is 1. The van der Waals surface area contributed by atoms with Gasteiger partial charge in [-0.05, 0) is 31.0 Å². The first kappa shape index (κ1) is 16.8. The third kappa shape index (κ3) is 5.23. The largest absolute Gasteiger partial charge is 0.378 e. The minimum absolute atomic E-state index is 0.287. The van der Waals surface area contributed by atoms with E-state index in [0.717, 1.165) is 38.6 Å². The molecule has 0 bridgehead atoms. The van der Waals surface area contributed by atoms with Crippen molar-refractivity contribution in [1.82, 2.24) is 9.80 Å². The molecule has 1 unspecified atom stereocenters. The molecule has 0 N–H and O–H groups in total. The average Bonchev–Trinajstić information content (AvgIpc) is 3.07. The molecule has 0 radical (unpaired) electrons. The molecule has 1 atom stereocenters. The highest BCUT2D eigenvalue weighted by Crippen LogP contribution is 2.25. The Bertz CT molecular complexity index is 491. The molecule has 1 aromatic rings. The number of hydrogen-bond donors (Lipinski definition) is 0. The van der Waals surface area contributed by atoms with Crippen LogP contribution < -0.4 is 0 Å². The van der Waals surface area contributed by atoms with Gasteiger partial charge in [-0.2, -0.15) is 0 Å². The number of hydrogen-bond acceptors (Lipinski definition) is 4. The van der Waals surface area contributed by atoms with Crippen molar-refractivity contribution in [3.05, 3.63) is 30.3 Å². The van der Waals surface area contributed by atoms with E-state index >= 15 is 0 Å². The van der Waals surface area contributed by atoms with Crippen molar-refractivity contribution in [2.45, 2.75) is 17.7 Å². The fourth-order valence-corrected chi connectivity index (χ4v) is 4.26. The van der Waals surface area contributed by atoms with Gasteiger partial charge in [0.2, 0.25) is 5.91 Å². The summed E-state index contributed by atoms with van der Waals surface area (Å²) in [6.07, 6.45) is 1.91. The molecule has 1 aromatic carbocycles. The van der Waals surface area contributed by atoms with Gasteiger partial charge in [-0.15, -0.1) is 11.8 Å². The first-order chi connectivity index (χ1) is 11.3. The van der Waals surface area contributed by atoms with Crippen LogP contribution in [0.25, 0.3) is 0 Å². The molecule has 0 spiro atoms. The molecule has 3 rings (SSSR count). The van der Waals surface area contributed by atoms with Gasteiger partial charge in [0.25, 0.3) is 0 Å². The molecule has 2 aliphatic rings. The number of likely N-dealkylation sites (tertiary alicyclic amines) is 1. The lowest BCUT2D eigenvalue weighted by Crippen LogP contribution is -2.41. The van der Waals surface area contributed by atoms with Crippen LogP contribution in [0, 0.1) is 5.92 Å². The molecule has 0 saturated carbocycles. The maximum absolute atomic E-state index is 12.2. The molecule has 2 fully saturated rings. The molecule has 2 aliphatic heterocycles. The molecule has 1 amide bonds. The van der Waals surface area contributed by atoms with Gasteiger partial charge in [0, 0.05) is 43.2 Å². The van der Waals surface area contributed by atoms with Crippen molar-refractivity contribution in [1.29, 1.82) is 0 Å². The molecule has 5 heteroatoms. The highest BCUT2D eigenvalue weighted by Gasteiger charge is 2.24. The van der Waals surface area contributed by atoms with Crippen LogP contribution in [0.2, 0.25) is 0 Å². The number of nitrogens with zero attached hydrogens (tertiary/aromatic N) is 2. The fraction of sp³-hybridized carbons (Fsp3) is 0.611. The standard InChI is InChI=1S/C18H26N2O2S/c21-18(20-10-12-22-13-11-20)7-9-19-8-6-16(14-19)15-23-17-4-2-1-3-5-17/h1-5,16H,6-15H2. The average molecular weight is 334 g/mol. The Morgan fingerprint density at radius 1 is 1.17 bits per heavy atom. The van der Waals surface area contributed by atoms with Crippen LogP contribution >= 0.6 is 11.8 Å². The van der Waals surface area contributed by atoms with Crippen LogP contribution in [0.5, 0.6) is 0 Å². The summed E-state index contributed by atoms with van der Waals surface area (Å²) in [5.74, 6) is 2.21. The first-order valence-corrected chi connectivity index (χ1v) is 9.55. The molecule has 2 saturated heterocycles. The van der Waals surface area contributed by atoms with Crippen molar-refractivity contribution in [3.8, 4) is 0 Å². The number of carbonyl (C=O) groups is 1. The van der Waals surface area contributed by atoms with Crippen LogP contribution in [0.1, 0.15) is 12.8 Å². The number of ether oxygens (including phenoxy) is 1. The van der Waals surface area contributed by atoms with Crippen LogP contribution in [-0.2, 0) is 9.53 Å². The van der Waals surface area contributed by atoms with Gasteiger partial charge in [0.15, 0.2) is 0 Å². The monoisotopic (exact) mass is 334 g/mol. The number of amides is 1. The summed E-state index contributed by atoms with van der Waals surface area (Å²) in [4.78, 5) is 17.9. The lowest BCUT2D eigenvalue weighted by molar-refractivity contribution is -0.135. The predicted molar refractivity (Wildman–Crippen MR) is 93.7 cm³/mol. The predicted octanol–water partition coefficient (Wildman–Crippen LogP) is 2.35. The second kappa shape index (κ2) is 8.71. The number of thioether (sulfide) groups is 1. The minimum Gasteiger partial charge on any atom is -0.378 e. The van der Waals surface area contributed by atoms with Crippen LogP contribution in [0.4, 0.5) is 0 Å². The third-order valence-corrected chi connectivity index (χ3v) is 5.85. The van der Waals surface area contributed by atoms with Crippen LogP contribution in [-0.4, -0.2) is 67.4 Å². The van der Waals surface area contributed by atoms with Crippen molar-refractivity contribution >= 4 is 17.7 Å². The quantitative estimate of drug-likeness (QED) is 0.748. The number of benzene rings is 1. The Kier molecular flexibility index (Phi) is 6.37. The van der Waals surface area contributed by atoms with Gasteiger partial charge >= 0.3 is 0 Å². The van der Waals surface area contributed by atoms with Crippen molar-refractivity contribution in [3.63, 3.8) is 0 Å². The summed E-state index contributed by atoms with van der Waals surface area (Å²) in [5.41, 5.74) is 0. The van der Waals surface area contributed by atoms with E-state index < -0.39 is 0 Å². The van der Waals surface area contributed by atoms with Gasteiger partial charge < -0.3 is 14.5 Å². The fourth-order valence-electron chi connectivity index (χ4n) is 3.21. The smallest absolute Gasteiger partial charge is 0.224 e. The third-order valence-electron chi connectivity index (χ3n) is 4.60. The minimum atomic E-state index is 0.287. The normalized spacial score (nSPS) is 22.4. The second-order valence-corrected chi connectivity index (χ2v) is 7.42. The van der Waals surface area contributed by atoms with Crippen molar-refractivity contribution in [2.24, 2.45) is 5.92 Å². The summed E-state index contributed by atoms with van der Waals surface area (Å²) in [7, 11) is 0. The molecule has 4 nitrogen and oxygen atoms in total. The number of rotatable bonds is 6. The zero-order valence-electron chi connectivity index (χ0n) is 13.7. The Hall–Kier alpha value is -1.04. The maximum Gasteiger partial charge on any atom is 0.224 e. The number of morpholine rings is 1. The Balaban J connectivity index is 1.34. The highest BCUT2D eigenvalue weighted by molar-refractivity contribution is 7.99. The highest BCUT2D eigenvalue weighted by atomic mass is 32.2. The van der Waals surface area contributed by atoms with E-state index in [9.17, 15) is 4.79 Å². The lowest BCUT2D eigenvalue weighted by Gasteiger charge is -2.27. The molecule has 23 heavy (non-hydrogen) atoms. The summed E-state index contributed by atoms with van der Waals surface area (Å²) in [5, 5.41) is 0. The Morgan fingerprint density at radius 3 is 2.74 bits per heavy atom. The summed E-state index contributed by atoms with van der Waals surface area (Å²) in [6.45, 7) is 6.07. The second-order valence-electron chi connectivity index (χ2n) is 6.32. The van der Waals surface area contributed by atoms with E-state index in [4.69, 9.17) is 4.74 Å². The molecular formula is C18H26N2O2S. The molecule has 2 heterocycles.